The lowest BCUT2D eigenvalue weighted by Crippen LogP contribution is -2.52. The van der Waals surface area contributed by atoms with Gasteiger partial charge in [-0.3, -0.25) is 24.1 Å². The van der Waals surface area contributed by atoms with E-state index in [0.717, 1.165) is 24.2 Å². The smallest absolute Gasteiger partial charge is 0.330 e. The molecule has 5 amide bonds. The number of aryl methyl sites for hydroxylation is 1. The Labute approximate surface area is 278 Å². The molecule has 1 aliphatic heterocycles. The number of unbranched alkanes of at least 4 members (excludes halogenated alkanes) is 5. The number of ketones is 1. The number of nitrogens with zero attached hydrogens (tertiary/aromatic N) is 3. The Morgan fingerprint density at radius 1 is 1.02 bits per heavy atom. The average Bonchev–Trinajstić information content (AvgIpc) is 3.59. The van der Waals surface area contributed by atoms with Crippen LogP contribution in [0.3, 0.4) is 0 Å². The fraction of sp³-hybridized carbons (Fsp3) is 0.412. The van der Waals surface area contributed by atoms with Gasteiger partial charge in [0.15, 0.2) is 6.04 Å². The van der Waals surface area contributed by atoms with Crippen molar-refractivity contribution in [3.05, 3.63) is 82.2 Å². The minimum absolute atomic E-state index is 0.00927. The van der Waals surface area contributed by atoms with Gasteiger partial charge >= 0.3 is 6.03 Å². The molecule has 2 unspecified atom stereocenters. The zero-order chi connectivity index (χ0) is 33.9. The SMILES string of the molecule is CCCCCCCCNC(=O)c1ccc(NC(=O)C(C(=O)c2oncc2C)N2C(=O)C(OCC)N(Cc3ccccc3)C2=O)c(Cl)c1. The van der Waals surface area contributed by atoms with E-state index in [2.05, 4.69) is 22.7 Å². The van der Waals surface area contributed by atoms with E-state index in [-0.39, 0.29) is 41.1 Å². The zero-order valence-electron chi connectivity index (χ0n) is 26.8. The number of rotatable bonds is 17. The molecule has 12 nitrogen and oxygen atoms in total. The lowest BCUT2D eigenvalue weighted by Gasteiger charge is -2.24. The highest BCUT2D eigenvalue weighted by molar-refractivity contribution is 6.34. The molecule has 4 rings (SSSR count). The van der Waals surface area contributed by atoms with Gasteiger partial charge in [-0.25, -0.2) is 9.69 Å². The highest BCUT2D eigenvalue weighted by Gasteiger charge is 2.53. The third-order valence-corrected chi connectivity index (χ3v) is 8.05. The molecule has 1 aliphatic rings. The number of benzene rings is 2. The average molecular weight is 666 g/mol. The van der Waals surface area contributed by atoms with Crippen molar-refractivity contribution in [1.29, 1.82) is 0 Å². The molecule has 250 valence electrons. The number of urea groups is 1. The van der Waals surface area contributed by atoms with Crippen LogP contribution in [0.25, 0.3) is 0 Å². The third-order valence-electron chi connectivity index (χ3n) is 7.74. The van der Waals surface area contributed by atoms with Crippen LogP contribution in [0.4, 0.5) is 10.5 Å². The van der Waals surface area contributed by atoms with Gasteiger partial charge in [-0.2, -0.15) is 0 Å². The van der Waals surface area contributed by atoms with Crippen molar-refractivity contribution < 1.29 is 33.2 Å². The van der Waals surface area contributed by atoms with Crippen LogP contribution in [-0.2, 0) is 20.9 Å². The van der Waals surface area contributed by atoms with E-state index >= 15 is 0 Å². The van der Waals surface area contributed by atoms with Crippen LogP contribution in [0.5, 0.6) is 0 Å². The molecule has 1 aromatic heterocycles. The Bertz CT molecular complexity index is 1580. The van der Waals surface area contributed by atoms with Gasteiger partial charge in [0.1, 0.15) is 0 Å². The van der Waals surface area contributed by atoms with Gasteiger partial charge in [-0.15, -0.1) is 0 Å². The van der Waals surface area contributed by atoms with Gasteiger partial charge in [0, 0.05) is 24.3 Å². The molecule has 0 bridgehead atoms. The first-order chi connectivity index (χ1) is 22.7. The van der Waals surface area contributed by atoms with E-state index in [1.54, 1.807) is 38.1 Å². The summed E-state index contributed by atoms with van der Waals surface area (Å²) in [5.74, 6) is -3.48. The molecular weight excluding hydrogens is 626 g/mol. The molecule has 1 saturated heterocycles. The van der Waals surface area contributed by atoms with Crippen LogP contribution in [0.1, 0.15) is 84.4 Å². The Morgan fingerprint density at radius 2 is 1.74 bits per heavy atom. The summed E-state index contributed by atoms with van der Waals surface area (Å²) in [7, 11) is 0. The number of carbonyl (C=O) groups excluding carboxylic acids is 5. The van der Waals surface area contributed by atoms with Crippen molar-refractivity contribution in [2.75, 3.05) is 18.5 Å². The Balaban J connectivity index is 1.55. The van der Waals surface area contributed by atoms with E-state index in [9.17, 15) is 24.0 Å². The molecule has 2 aromatic carbocycles. The maximum Gasteiger partial charge on any atom is 0.330 e. The molecule has 0 aliphatic carbocycles. The summed E-state index contributed by atoms with van der Waals surface area (Å²) in [5, 5.41) is 9.06. The zero-order valence-corrected chi connectivity index (χ0v) is 27.5. The molecule has 47 heavy (non-hydrogen) atoms. The first-order valence-corrected chi connectivity index (χ1v) is 16.2. The van der Waals surface area contributed by atoms with E-state index in [4.69, 9.17) is 20.9 Å². The van der Waals surface area contributed by atoms with Crippen LogP contribution < -0.4 is 10.6 Å². The Hall–Kier alpha value is -4.55. The second-order valence-corrected chi connectivity index (χ2v) is 11.6. The highest BCUT2D eigenvalue weighted by atomic mass is 35.5. The van der Waals surface area contributed by atoms with Crippen LogP contribution in [0, 0.1) is 6.92 Å². The molecule has 0 saturated carbocycles. The molecule has 0 spiro atoms. The number of hydrogen-bond donors (Lipinski definition) is 2. The third kappa shape index (κ3) is 8.63. The first kappa shape index (κ1) is 35.3. The lowest BCUT2D eigenvalue weighted by molar-refractivity contribution is -0.144. The number of nitrogens with one attached hydrogen (secondary N) is 2. The van der Waals surface area contributed by atoms with Crippen molar-refractivity contribution >= 4 is 46.8 Å². The summed E-state index contributed by atoms with van der Waals surface area (Å²) in [5.41, 5.74) is 1.37. The van der Waals surface area contributed by atoms with Crippen molar-refractivity contribution in [1.82, 2.24) is 20.3 Å². The minimum Gasteiger partial charge on any atom is -0.353 e. The van der Waals surface area contributed by atoms with Crippen LogP contribution in [-0.4, -0.2) is 69.9 Å². The Kier molecular flexibility index (Phi) is 12.7. The number of imide groups is 1. The predicted octanol–water partition coefficient (Wildman–Crippen LogP) is 5.74. The normalized spacial score (nSPS) is 15.2. The lowest BCUT2D eigenvalue weighted by atomic mass is 10.1. The molecule has 3 aromatic rings. The van der Waals surface area contributed by atoms with Gasteiger partial charge in [0.25, 0.3) is 17.7 Å². The molecule has 2 N–H and O–H groups in total. The van der Waals surface area contributed by atoms with E-state index in [1.807, 2.05) is 6.07 Å². The molecule has 1 fully saturated rings. The predicted molar refractivity (Wildman–Crippen MR) is 175 cm³/mol. The fourth-order valence-corrected chi connectivity index (χ4v) is 5.47. The van der Waals surface area contributed by atoms with E-state index in [0.29, 0.717) is 22.6 Å². The minimum atomic E-state index is -1.98. The maximum absolute atomic E-state index is 13.9. The number of aromatic nitrogens is 1. The topological polar surface area (TPSA) is 151 Å². The molecule has 0 radical (unpaired) electrons. The standard InChI is InChI=1S/C34H40ClN5O7/c1-4-6-7-8-9-13-18-36-30(42)24-16-17-26(25(35)19-24)38-31(43)27(28(41)29-22(3)20-37-47-29)40-32(44)33(46-5-2)39(34(40)45)21-23-14-11-10-12-15-23/h10-12,14-17,19-20,27,33H,4-9,13,18,21H2,1-3H3,(H,36,42)(H,38,43). The second kappa shape index (κ2) is 16.8. The first-order valence-electron chi connectivity index (χ1n) is 15.8. The molecule has 13 heteroatoms. The van der Waals surface area contributed by atoms with Gasteiger partial charge in [0.05, 0.1) is 23.5 Å². The van der Waals surface area contributed by atoms with E-state index < -0.39 is 35.9 Å². The van der Waals surface area contributed by atoms with Crippen LogP contribution in [0.2, 0.25) is 5.02 Å². The van der Waals surface area contributed by atoms with Crippen molar-refractivity contribution in [2.45, 2.75) is 78.1 Å². The van der Waals surface area contributed by atoms with Gasteiger partial charge in [-0.05, 0) is 44.0 Å². The monoisotopic (exact) mass is 665 g/mol. The molecule has 2 heterocycles. The number of carbonyl (C=O) groups is 5. The summed E-state index contributed by atoms with van der Waals surface area (Å²) in [6.45, 7) is 5.97. The van der Waals surface area contributed by atoms with Crippen molar-refractivity contribution in [3.63, 3.8) is 0 Å². The highest BCUT2D eigenvalue weighted by Crippen LogP contribution is 2.28. The van der Waals surface area contributed by atoms with Crippen molar-refractivity contribution in [3.8, 4) is 0 Å². The summed E-state index contributed by atoms with van der Waals surface area (Å²) in [6.07, 6.45) is 6.47. The number of amides is 5. The van der Waals surface area contributed by atoms with Gasteiger partial charge in [0.2, 0.25) is 17.8 Å². The van der Waals surface area contributed by atoms with Crippen molar-refractivity contribution in [2.24, 2.45) is 0 Å². The molecular formula is C34H40ClN5O7. The maximum atomic E-state index is 13.9. The molecule has 2 atom stereocenters. The van der Waals surface area contributed by atoms with Crippen LogP contribution >= 0.6 is 11.6 Å². The summed E-state index contributed by atoms with van der Waals surface area (Å²) in [4.78, 5) is 69.7. The second-order valence-electron chi connectivity index (χ2n) is 11.2. The quantitative estimate of drug-likeness (QED) is 0.0801. The number of Topliss-reactive ketones (excluding diaryl/α,β-unsaturated/α-hetero) is 1. The summed E-state index contributed by atoms with van der Waals surface area (Å²) >= 11 is 6.47. The summed E-state index contributed by atoms with van der Waals surface area (Å²) < 4.78 is 10.8. The number of hydrogen-bond acceptors (Lipinski definition) is 8. The Morgan fingerprint density at radius 3 is 2.40 bits per heavy atom. The van der Waals surface area contributed by atoms with Gasteiger partial charge < -0.3 is 19.9 Å². The number of anilines is 1. The van der Waals surface area contributed by atoms with E-state index in [1.165, 1.54) is 43.7 Å². The van der Waals surface area contributed by atoms with Crippen LogP contribution in [0.15, 0.2) is 59.3 Å². The summed E-state index contributed by atoms with van der Waals surface area (Å²) in [6, 6.07) is 10.3. The van der Waals surface area contributed by atoms with Gasteiger partial charge in [-0.1, -0.05) is 86.1 Å². The number of ether oxygens (including phenoxy) is 1. The number of halogens is 1. The fourth-order valence-electron chi connectivity index (χ4n) is 5.25. The largest absolute Gasteiger partial charge is 0.353 e.